The fraction of sp³-hybridized carbons (Fsp3) is 0.412. The molecule has 1 nitrogen and oxygen atoms in total. The number of nitrogens with one attached hydrogen (secondary N) is 1. The van der Waals surface area contributed by atoms with Gasteiger partial charge in [-0.15, -0.1) is 11.3 Å². The Labute approximate surface area is 120 Å². The second-order valence-electron chi connectivity index (χ2n) is 5.10. The zero-order valence-corrected chi connectivity index (χ0v) is 12.6. The fourth-order valence-electron chi connectivity index (χ4n) is 2.45. The largest absolute Gasteiger partial charge is 0.307 e. The summed E-state index contributed by atoms with van der Waals surface area (Å²) in [6.45, 7) is 4.53. The summed E-state index contributed by atoms with van der Waals surface area (Å²) in [6.07, 6.45) is 3.52. The Bertz CT molecular complexity index is 449. The summed E-state index contributed by atoms with van der Waals surface area (Å²) in [5.74, 6) is 0. The predicted octanol–water partition coefficient (Wildman–Crippen LogP) is 4.81. The van der Waals surface area contributed by atoms with Crippen LogP contribution in [0.2, 0.25) is 0 Å². The van der Waals surface area contributed by atoms with Gasteiger partial charge in [-0.2, -0.15) is 0 Å². The maximum absolute atomic E-state index is 3.78. The predicted molar refractivity (Wildman–Crippen MR) is 84.7 cm³/mol. The van der Waals surface area contributed by atoms with Crippen LogP contribution in [-0.2, 0) is 6.42 Å². The molecule has 0 saturated heterocycles. The van der Waals surface area contributed by atoms with E-state index in [0.717, 1.165) is 6.42 Å². The monoisotopic (exact) mass is 273 g/mol. The first kappa shape index (κ1) is 14.3. The summed E-state index contributed by atoms with van der Waals surface area (Å²) in [7, 11) is 0. The molecule has 0 aliphatic heterocycles. The van der Waals surface area contributed by atoms with Gasteiger partial charge in [0.15, 0.2) is 0 Å². The van der Waals surface area contributed by atoms with Crippen LogP contribution >= 0.6 is 11.3 Å². The zero-order valence-electron chi connectivity index (χ0n) is 11.8. The molecule has 0 aliphatic carbocycles. The van der Waals surface area contributed by atoms with Crippen LogP contribution in [0.4, 0.5) is 0 Å². The minimum Gasteiger partial charge on any atom is -0.307 e. The summed E-state index contributed by atoms with van der Waals surface area (Å²) in [4.78, 5) is 1.46. The Balaban J connectivity index is 1.96. The molecule has 102 valence electrons. The summed E-state index contributed by atoms with van der Waals surface area (Å²) in [5, 5.41) is 5.93. The van der Waals surface area contributed by atoms with Crippen LogP contribution in [0.1, 0.15) is 43.2 Å². The quantitative estimate of drug-likeness (QED) is 0.763. The molecule has 2 heteroatoms. The first-order valence-electron chi connectivity index (χ1n) is 7.13. The molecule has 2 unspecified atom stereocenters. The minimum absolute atomic E-state index is 0.473. The van der Waals surface area contributed by atoms with Gasteiger partial charge in [-0.05, 0) is 36.8 Å². The van der Waals surface area contributed by atoms with E-state index in [0.29, 0.717) is 12.1 Å². The molecular weight excluding hydrogens is 250 g/mol. The molecule has 0 saturated carbocycles. The lowest BCUT2D eigenvalue weighted by Gasteiger charge is -2.23. The van der Waals surface area contributed by atoms with Gasteiger partial charge in [0.1, 0.15) is 0 Å². The van der Waals surface area contributed by atoms with Crippen molar-refractivity contribution >= 4 is 11.3 Å². The van der Waals surface area contributed by atoms with Crippen molar-refractivity contribution in [3.8, 4) is 0 Å². The van der Waals surface area contributed by atoms with Gasteiger partial charge < -0.3 is 5.32 Å². The molecule has 2 rings (SSSR count). The normalized spacial score (nSPS) is 14.2. The number of hydrogen-bond acceptors (Lipinski definition) is 2. The SMILES string of the molecule is CCCC(NC(C)Cc1cccs1)c1ccccc1. The molecule has 1 aromatic heterocycles. The van der Waals surface area contributed by atoms with Gasteiger partial charge in [0.2, 0.25) is 0 Å². The van der Waals surface area contributed by atoms with Crippen molar-refractivity contribution in [2.24, 2.45) is 0 Å². The van der Waals surface area contributed by atoms with Crippen molar-refractivity contribution in [1.29, 1.82) is 0 Å². The maximum Gasteiger partial charge on any atom is 0.0322 e. The molecule has 0 amide bonds. The van der Waals surface area contributed by atoms with E-state index in [1.165, 1.54) is 23.3 Å². The van der Waals surface area contributed by atoms with E-state index in [1.807, 2.05) is 11.3 Å². The molecule has 0 spiro atoms. The smallest absolute Gasteiger partial charge is 0.0322 e. The molecule has 1 heterocycles. The van der Waals surface area contributed by atoms with Gasteiger partial charge >= 0.3 is 0 Å². The van der Waals surface area contributed by atoms with Crippen LogP contribution in [0.5, 0.6) is 0 Å². The molecule has 0 aliphatic rings. The number of thiophene rings is 1. The third-order valence-electron chi connectivity index (χ3n) is 3.35. The Morgan fingerprint density at radius 2 is 1.89 bits per heavy atom. The van der Waals surface area contributed by atoms with Gasteiger partial charge in [-0.3, -0.25) is 0 Å². The van der Waals surface area contributed by atoms with E-state index in [9.17, 15) is 0 Å². The summed E-state index contributed by atoms with van der Waals surface area (Å²) in [5.41, 5.74) is 1.40. The highest BCUT2D eigenvalue weighted by atomic mass is 32.1. The average Bonchev–Trinajstić information content (AvgIpc) is 2.92. The molecule has 1 aromatic carbocycles. The lowest BCUT2D eigenvalue weighted by molar-refractivity contribution is 0.430. The Morgan fingerprint density at radius 3 is 2.53 bits per heavy atom. The molecule has 2 aromatic rings. The van der Waals surface area contributed by atoms with Gasteiger partial charge in [-0.1, -0.05) is 49.7 Å². The molecule has 0 bridgehead atoms. The molecular formula is C17H23NS. The zero-order chi connectivity index (χ0) is 13.5. The first-order chi connectivity index (χ1) is 9.29. The van der Waals surface area contributed by atoms with Crippen molar-refractivity contribution in [2.45, 2.75) is 45.2 Å². The fourth-order valence-corrected chi connectivity index (χ4v) is 3.29. The topological polar surface area (TPSA) is 12.0 Å². The lowest BCUT2D eigenvalue weighted by atomic mass is 10.0. The molecule has 0 radical (unpaired) electrons. The van der Waals surface area contributed by atoms with Crippen LogP contribution in [0.15, 0.2) is 47.8 Å². The minimum atomic E-state index is 0.473. The van der Waals surface area contributed by atoms with E-state index in [1.54, 1.807) is 0 Å². The highest BCUT2D eigenvalue weighted by Gasteiger charge is 2.13. The molecule has 2 atom stereocenters. The van der Waals surface area contributed by atoms with Gasteiger partial charge in [0, 0.05) is 17.0 Å². The lowest BCUT2D eigenvalue weighted by Crippen LogP contribution is -2.32. The van der Waals surface area contributed by atoms with E-state index in [4.69, 9.17) is 0 Å². The standard InChI is InChI=1S/C17H23NS/c1-3-8-17(15-9-5-4-6-10-15)18-14(2)13-16-11-7-12-19-16/h4-7,9-12,14,17-18H,3,8,13H2,1-2H3. The molecule has 1 N–H and O–H groups in total. The Hall–Kier alpha value is -1.12. The molecule has 19 heavy (non-hydrogen) atoms. The highest BCUT2D eigenvalue weighted by Crippen LogP contribution is 2.20. The second kappa shape index (κ2) is 7.46. The van der Waals surface area contributed by atoms with Crippen molar-refractivity contribution < 1.29 is 0 Å². The first-order valence-corrected chi connectivity index (χ1v) is 8.01. The summed E-state index contributed by atoms with van der Waals surface area (Å²) in [6, 6.07) is 16.1. The van der Waals surface area contributed by atoms with Gasteiger partial charge in [-0.25, -0.2) is 0 Å². The van der Waals surface area contributed by atoms with Gasteiger partial charge in [0.25, 0.3) is 0 Å². The van der Waals surface area contributed by atoms with E-state index in [2.05, 4.69) is 67.0 Å². The Kier molecular flexibility index (Phi) is 5.62. The van der Waals surface area contributed by atoms with Crippen molar-refractivity contribution in [3.63, 3.8) is 0 Å². The van der Waals surface area contributed by atoms with Gasteiger partial charge in [0.05, 0.1) is 0 Å². The second-order valence-corrected chi connectivity index (χ2v) is 6.14. The molecule has 0 fully saturated rings. The van der Waals surface area contributed by atoms with Crippen LogP contribution in [-0.4, -0.2) is 6.04 Å². The number of benzene rings is 1. The third-order valence-corrected chi connectivity index (χ3v) is 4.25. The van der Waals surface area contributed by atoms with Crippen molar-refractivity contribution in [3.05, 3.63) is 58.3 Å². The van der Waals surface area contributed by atoms with Crippen LogP contribution in [0.25, 0.3) is 0 Å². The highest BCUT2D eigenvalue weighted by molar-refractivity contribution is 7.09. The van der Waals surface area contributed by atoms with Crippen LogP contribution < -0.4 is 5.32 Å². The van der Waals surface area contributed by atoms with E-state index >= 15 is 0 Å². The average molecular weight is 273 g/mol. The summed E-state index contributed by atoms with van der Waals surface area (Å²) < 4.78 is 0. The summed E-state index contributed by atoms with van der Waals surface area (Å²) >= 11 is 1.85. The number of hydrogen-bond donors (Lipinski definition) is 1. The van der Waals surface area contributed by atoms with E-state index < -0.39 is 0 Å². The number of rotatable bonds is 7. The maximum atomic E-state index is 3.78. The third kappa shape index (κ3) is 4.48. The van der Waals surface area contributed by atoms with Crippen LogP contribution in [0.3, 0.4) is 0 Å². The van der Waals surface area contributed by atoms with Crippen molar-refractivity contribution in [2.75, 3.05) is 0 Å². The Morgan fingerprint density at radius 1 is 1.11 bits per heavy atom. The van der Waals surface area contributed by atoms with E-state index in [-0.39, 0.29) is 0 Å². The van der Waals surface area contributed by atoms with Crippen LogP contribution in [0, 0.1) is 0 Å². The van der Waals surface area contributed by atoms with Crippen molar-refractivity contribution in [1.82, 2.24) is 5.32 Å².